The number of H-pyrrole nitrogens is 1. The Balaban J connectivity index is 2.90. The molecule has 0 aliphatic heterocycles. The summed E-state index contributed by atoms with van der Waals surface area (Å²) in [6.07, 6.45) is 1.72. The van der Waals surface area contributed by atoms with Gasteiger partial charge in [-0.15, -0.1) is 0 Å². The summed E-state index contributed by atoms with van der Waals surface area (Å²) in [4.78, 5) is 10.9. The molecule has 0 bridgehead atoms. The average molecular weight is 168 g/mol. The van der Waals surface area contributed by atoms with Gasteiger partial charge in [-0.2, -0.15) is 4.98 Å². The molecule has 0 saturated heterocycles. The highest BCUT2D eigenvalue weighted by Gasteiger charge is 2.02. The molecule has 0 radical (unpaired) electrons. The quantitative estimate of drug-likeness (QED) is 0.652. The van der Waals surface area contributed by atoms with Crippen LogP contribution in [0, 0.1) is 6.92 Å². The molecule has 0 aliphatic rings. The van der Waals surface area contributed by atoms with Crippen molar-refractivity contribution in [3.63, 3.8) is 0 Å². The Labute approximate surface area is 68.4 Å². The van der Waals surface area contributed by atoms with Crippen LogP contribution in [0.1, 0.15) is 5.56 Å². The van der Waals surface area contributed by atoms with Gasteiger partial charge in [0.1, 0.15) is 0 Å². The van der Waals surface area contributed by atoms with E-state index in [-0.39, 0.29) is 0 Å². The van der Waals surface area contributed by atoms with E-state index in [0.717, 1.165) is 11.1 Å². The zero-order valence-electron chi connectivity index (χ0n) is 5.93. The maximum atomic E-state index is 5.65. The van der Waals surface area contributed by atoms with Crippen molar-refractivity contribution in [2.75, 3.05) is 0 Å². The highest BCUT2D eigenvalue weighted by Crippen LogP contribution is 2.14. The number of aromatic nitrogens is 3. The van der Waals surface area contributed by atoms with Gasteiger partial charge >= 0.3 is 0 Å². The van der Waals surface area contributed by atoms with Crippen molar-refractivity contribution in [2.24, 2.45) is 0 Å². The summed E-state index contributed by atoms with van der Waals surface area (Å²) in [5.41, 5.74) is 2.70. The summed E-state index contributed by atoms with van der Waals surface area (Å²) in [5.74, 6) is 0. The zero-order valence-corrected chi connectivity index (χ0v) is 6.68. The van der Waals surface area contributed by atoms with Gasteiger partial charge in [-0.25, -0.2) is 4.98 Å². The van der Waals surface area contributed by atoms with E-state index in [1.807, 2.05) is 13.0 Å². The van der Waals surface area contributed by atoms with E-state index in [1.165, 1.54) is 0 Å². The summed E-state index contributed by atoms with van der Waals surface area (Å²) in [7, 11) is 0. The van der Waals surface area contributed by atoms with Gasteiger partial charge < -0.3 is 4.98 Å². The highest BCUT2D eigenvalue weighted by atomic mass is 35.5. The number of aromatic amines is 1. The van der Waals surface area contributed by atoms with Crippen LogP contribution in [0.2, 0.25) is 5.28 Å². The lowest BCUT2D eigenvalue weighted by atomic mass is 10.3. The molecule has 0 aliphatic carbocycles. The summed E-state index contributed by atoms with van der Waals surface area (Å²) < 4.78 is 0. The number of aryl methyl sites for hydroxylation is 1. The van der Waals surface area contributed by atoms with Crippen molar-refractivity contribution < 1.29 is 0 Å². The van der Waals surface area contributed by atoms with Crippen molar-refractivity contribution in [2.45, 2.75) is 6.92 Å². The summed E-state index contributed by atoms with van der Waals surface area (Å²) >= 11 is 5.65. The molecule has 2 rings (SSSR count). The van der Waals surface area contributed by atoms with Crippen molar-refractivity contribution >= 4 is 22.8 Å². The smallest absolute Gasteiger partial charge is 0.202 e. The minimum atomic E-state index is 0.391. The Kier molecular flexibility index (Phi) is 1.32. The molecule has 0 aromatic carbocycles. The first-order chi connectivity index (χ1) is 5.27. The van der Waals surface area contributed by atoms with Gasteiger partial charge in [0.2, 0.25) is 5.28 Å². The molecule has 0 saturated carbocycles. The number of halogens is 1. The van der Waals surface area contributed by atoms with E-state index in [2.05, 4.69) is 15.0 Å². The summed E-state index contributed by atoms with van der Waals surface area (Å²) in [6, 6.07) is 1.91. The number of imidazole rings is 1. The summed E-state index contributed by atoms with van der Waals surface area (Å²) in [5, 5.41) is 0.391. The first kappa shape index (κ1) is 6.61. The van der Waals surface area contributed by atoms with Crippen LogP contribution in [0.3, 0.4) is 0 Å². The standard InChI is InChI=1S/C7H6ClN3/c1-4-2-3-9-6-5(4)10-7(8)11-6/h2-3H,1H3,(H,9,10,11). The van der Waals surface area contributed by atoms with E-state index in [9.17, 15) is 0 Å². The molecule has 4 heteroatoms. The molecule has 3 nitrogen and oxygen atoms in total. The van der Waals surface area contributed by atoms with E-state index in [4.69, 9.17) is 11.6 Å². The fraction of sp³-hybridized carbons (Fsp3) is 0.143. The van der Waals surface area contributed by atoms with Crippen molar-refractivity contribution in [3.8, 4) is 0 Å². The number of pyridine rings is 1. The van der Waals surface area contributed by atoms with Crippen LogP contribution in [0.15, 0.2) is 12.3 Å². The molecule has 0 atom stereocenters. The number of nitrogens with one attached hydrogen (secondary N) is 1. The van der Waals surface area contributed by atoms with Gasteiger partial charge in [-0.05, 0) is 30.2 Å². The van der Waals surface area contributed by atoms with Crippen LogP contribution in [-0.4, -0.2) is 15.0 Å². The lowest BCUT2D eigenvalue weighted by molar-refractivity contribution is 1.30. The number of nitrogens with zero attached hydrogens (tertiary/aromatic N) is 2. The van der Waals surface area contributed by atoms with Gasteiger partial charge in [0.25, 0.3) is 0 Å². The fourth-order valence-corrected chi connectivity index (χ4v) is 1.18. The fourth-order valence-electron chi connectivity index (χ4n) is 1.01. The number of hydrogen-bond acceptors (Lipinski definition) is 2. The molecule has 0 unspecified atom stereocenters. The number of rotatable bonds is 0. The third-order valence-corrected chi connectivity index (χ3v) is 1.75. The van der Waals surface area contributed by atoms with E-state index in [0.29, 0.717) is 10.9 Å². The Morgan fingerprint density at radius 3 is 3.09 bits per heavy atom. The second kappa shape index (κ2) is 2.20. The second-order valence-electron chi connectivity index (χ2n) is 2.35. The molecule has 2 heterocycles. The molecular formula is C7H6ClN3. The first-order valence-electron chi connectivity index (χ1n) is 3.24. The van der Waals surface area contributed by atoms with Crippen LogP contribution < -0.4 is 0 Å². The van der Waals surface area contributed by atoms with Crippen LogP contribution in [0.25, 0.3) is 11.2 Å². The third kappa shape index (κ3) is 0.973. The highest BCUT2D eigenvalue weighted by molar-refractivity contribution is 6.29. The van der Waals surface area contributed by atoms with Crippen LogP contribution >= 0.6 is 11.6 Å². The Hall–Kier alpha value is -1.09. The Bertz CT molecular complexity index is 393. The molecule has 1 N–H and O–H groups in total. The number of hydrogen-bond donors (Lipinski definition) is 1. The normalized spacial score (nSPS) is 10.7. The monoisotopic (exact) mass is 167 g/mol. The third-order valence-electron chi connectivity index (χ3n) is 1.57. The van der Waals surface area contributed by atoms with Crippen LogP contribution in [0.4, 0.5) is 0 Å². The Morgan fingerprint density at radius 1 is 1.55 bits per heavy atom. The minimum Gasteiger partial charge on any atom is -0.327 e. The maximum absolute atomic E-state index is 5.65. The lowest BCUT2D eigenvalue weighted by Crippen LogP contribution is -1.78. The SMILES string of the molecule is Cc1ccnc2nc(Cl)[nH]c12. The van der Waals surface area contributed by atoms with Gasteiger partial charge in [0.05, 0.1) is 5.52 Å². The number of fused-ring (bicyclic) bond motifs is 1. The predicted molar refractivity (Wildman–Crippen MR) is 43.6 cm³/mol. The molecule has 0 amide bonds. The molecule has 2 aromatic rings. The molecular weight excluding hydrogens is 162 g/mol. The average Bonchev–Trinajstić information content (AvgIpc) is 2.31. The topological polar surface area (TPSA) is 41.6 Å². The molecule has 0 fully saturated rings. The van der Waals surface area contributed by atoms with Gasteiger partial charge in [-0.3, -0.25) is 0 Å². The molecule has 2 aromatic heterocycles. The largest absolute Gasteiger partial charge is 0.327 e. The van der Waals surface area contributed by atoms with Gasteiger partial charge in [0, 0.05) is 6.20 Å². The van der Waals surface area contributed by atoms with Gasteiger partial charge in [0.15, 0.2) is 5.65 Å². The van der Waals surface area contributed by atoms with Crippen molar-refractivity contribution in [3.05, 3.63) is 23.1 Å². The predicted octanol–water partition coefficient (Wildman–Crippen LogP) is 1.92. The van der Waals surface area contributed by atoms with Crippen molar-refractivity contribution in [1.82, 2.24) is 15.0 Å². The lowest BCUT2D eigenvalue weighted by Gasteiger charge is -1.89. The van der Waals surface area contributed by atoms with Crippen LogP contribution in [-0.2, 0) is 0 Å². The van der Waals surface area contributed by atoms with Crippen molar-refractivity contribution in [1.29, 1.82) is 0 Å². The zero-order chi connectivity index (χ0) is 7.84. The Morgan fingerprint density at radius 2 is 2.36 bits per heavy atom. The first-order valence-corrected chi connectivity index (χ1v) is 3.62. The molecule has 0 spiro atoms. The summed E-state index contributed by atoms with van der Waals surface area (Å²) in [6.45, 7) is 1.98. The van der Waals surface area contributed by atoms with Gasteiger partial charge in [-0.1, -0.05) is 0 Å². The molecule has 11 heavy (non-hydrogen) atoms. The molecule has 56 valence electrons. The van der Waals surface area contributed by atoms with Crippen LogP contribution in [0.5, 0.6) is 0 Å². The van der Waals surface area contributed by atoms with E-state index in [1.54, 1.807) is 6.20 Å². The maximum Gasteiger partial charge on any atom is 0.202 e. The minimum absolute atomic E-state index is 0.391. The van der Waals surface area contributed by atoms with E-state index < -0.39 is 0 Å². The second-order valence-corrected chi connectivity index (χ2v) is 2.71. The van der Waals surface area contributed by atoms with E-state index >= 15 is 0 Å².